The van der Waals surface area contributed by atoms with E-state index in [0.717, 1.165) is 34.2 Å². The summed E-state index contributed by atoms with van der Waals surface area (Å²) in [7, 11) is 0. The average Bonchev–Trinajstić information content (AvgIpc) is 2.64. The molecule has 1 aromatic rings. The predicted octanol–water partition coefficient (Wildman–Crippen LogP) is 2.95. The summed E-state index contributed by atoms with van der Waals surface area (Å²) in [6.45, 7) is 1.99. The van der Waals surface area contributed by atoms with Crippen molar-refractivity contribution >= 4 is 31.9 Å². The fraction of sp³-hybridized carbons (Fsp3) is 0.400. The third kappa shape index (κ3) is 2.30. The van der Waals surface area contributed by atoms with Gasteiger partial charge < -0.3 is 10.1 Å². The quantitative estimate of drug-likeness (QED) is 0.904. The van der Waals surface area contributed by atoms with Crippen LogP contribution in [0.4, 0.5) is 0 Å². The second-order valence-corrected chi connectivity index (χ2v) is 4.99. The van der Waals surface area contributed by atoms with E-state index in [1.54, 1.807) is 0 Å². The zero-order valence-corrected chi connectivity index (χ0v) is 10.8. The molecule has 1 fully saturated rings. The molecule has 0 radical (unpaired) electrons. The third-order valence-corrected chi connectivity index (χ3v) is 3.47. The van der Waals surface area contributed by atoms with Crippen LogP contribution in [0.2, 0.25) is 0 Å². The molecular weight excluding hydrogens is 310 g/mol. The van der Waals surface area contributed by atoms with Crippen molar-refractivity contribution in [2.24, 2.45) is 0 Å². The van der Waals surface area contributed by atoms with E-state index in [1.165, 1.54) is 0 Å². The minimum absolute atomic E-state index is 0.296. The first-order chi connectivity index (χ1) is 6.77. The molecule has 2 rings (SSSR count). The second-order valence-electron chi connectivity index (χ2n) is 3.28. The van der Waals surface area contributed by atoms with E-state index >= 15 is 0 Å². The number of para-hydroxylation sites is 1. The second kappa shape index (κ2) is 4.64. The number of hydrogen-bond acceptors (Lipinski definition) is 2. The first kappa shape index (κ1) is 10.5. The Labute approximate surface area is 100 Å². The Hall–Kier alpha value is -0.0600. The van der Waals surface area contributed by atoms with Gasteiger partial charge in [0.25, 0.3) is 0 Å². The van der Waals surface area contributed by atoms with E-state index in [-0.39, 0.29) is 0 Å². The van der Waals surface area contributed by atoms with Crippen LogP contribution in [-0.2, 0) is 0 Å². The van der Waals surface area contributed by atoms with Crippen molar-refractivity contribution in [1.29, 1.82) is 0 Å². The SMILES string of the molecule is Brc1cccc(Br)c1O[C@@H]1CCNC1. The van der Waals surface area contributed by atoms with Gasteiger partial charge in [-0.25, -0.2) is 0 Å². The zero-order valence-electron chi connectivity index (χ0n) is 7.59. The summed E-state index contributed by atoms with van der Waals surface area (Å²) >= 11 is 6.96. The maximum atomic E-state index is 5.88. The highest BCUT2D eigenvalue weighted by molar-refractivity contribution is 9.11. The summed E-state index contributed by atoms with van der Waals surface area (Å²) in [6, 6.07) is 5.96. The predicted molar refractivity (Wildman–Crippen MR) is 63.7 cm³/mol. The summed E-state index contributed by atoms with van der Waals surface area (Å²) in [5, 5.41) is 3.28. The fourth-order valence-electron chi connectivity index (χ4n) is 1.49. The number of benzene rings is 1. The van der Waals surface area contributed by atoms with E-state index in [1.807, 2.05) is 18.2 Å². The normalized spacial score (nSPS) is 21.1. The number of halogens is 2. The van der Waals surface area contributed by atoms with E-state index < -0.39 is 0 Å². The molecule has 0 saturated carbocycles. The Kier molecular flexibility index (Phi) is 3.47. The van der Waals surface area contributed by atoms with Gasteiger partial charge in [-0.3, -0.25) is 0 Å². The average molecular weight is 321 g/mol. The molecule has 2 nitrogen and oxygen atoms in total. The number of rotatable bonds is 2. The lowest BCUT2D eigenvalue weighted by Gasteiger charge is -2.15. The van der Waals surface area contributed by atoms with Crippen LogP contribution in [0.1, 0.15) is 6.42 Å². The molecule has 0 bridgehead atoms. The van der Waals surface area contributed by atoms with Gasteiger partial charge in [0.1, 0.15) is 11.9 Å². The molecule has 0 aliphatic carbocycles. The first-order valence-corrected chi connectivity index (χ1v) is 6.17. The smallest absolute Gasteiger partial charge is 0.148 e. The van der Waals surface area contributed by atoms with Crippen molar-refractivity contribution in [3.05, 3.63) is 27.1 Å². The van der Waals surface area contributed by atoms with Crippen LogP contribution in [0.15, 0.2) is 27.1 Å². The van der Waals surface area contributed by atoms with Crippen molar-refractivity contribution in [2.75, 3.05) is 13.1 Å². The van der Waals surface area contributed by atoms with Crippen LogP contribution in [0.3, 0.4) is 0 Å². The van der Waals surface area contributed by atoms with Crippen molar-refractivity contribution in [2.45, 2.75) is 12.5 Å². The van der Waals surface area contributed by atoms with Crippen molar-refractivity contribution in [3.63, 3.8) is 0 Å². The van der Waals surface area contributed by atoms with Crippen LogP contribution in [0.25, 0.3) is 0 Å². The molecule has 1 aromatic carbocycles. The standard InChI is InChI=1S/C10H11Br2NO/c11-8-2-1-3-9(12)10(8)14-7-4-5-13-6-7/h1-3,7,13H,4-6H2/t7-/m1/s1. The Balaban J connectivity index is 2.14. The van der Waals surface area contributed by atoms with Gasteiger partial charge in [0.05, 0.1) is 8.95 Å². The van der Waals surface area contributed by atoms with Crippen LogP contribution < -0.4 is 10.1 Å². The highest BCUT2D eigenvalue weighted by atomic mass is 79.9. The van der Waals surface area contributed by atoms with Crippen LogP contribution in [0.5, 0.6) is 5.75 Å². The van der Waals surface area contributed by atoms with Gasteiger partial charge in [0, 0.05) is 6.54 Å². The highest BCUT2D eigenvalue weighted by Gasteiger charge is 2.18. The summed E-state index contributed by atoms with van der Waals surface area (Å²) in [4.78, 5) is 0. The van der Waals surface area contributed by atoms with Crippen LogP contribution in [0, 0.1) is 0 Å². The number of ether oxygens (including phenoxy) is 1. The minimum atomic E-state index is 0.296. The maximum absolute atomic E-state index is 5.88. The lowest BCUT2D eigenvalue weighted by molar-refractivity contribution is 0.220. The summed E-state index contributed by atoms with van der Waals surface area (Å²) < 4.78 is 7.88. The first-order valence-electron chi connectivity index (χ1n) is 4.59. The molecule has 0 spiro atoms. The van der Waals surface area contributed by atoms with Crippen LogP contribution >= 0.6 is 31.9 Å². The molecule has 0 unspecified atom stereocenters. The van der Waals surface area contributed by atoms with Crippen molar-refractivity contribution in [3.8, 4) is 5.75 Å². The lowest BCUT2D eigenvalue weighted by Crippen LogP contribution is -2.19. The lowest BCUT2D eigenvalue weighted by atomic mass is 10.3. The van der Waals surface area contributed by atoms with E-state index in [2.05, 4.69) is 37.2 Å². The molecule has 1 N–H and O–H groups in total. The van der Waals surface area contributed by atoms with Gasteiger partial charge in [-0.2, -0.15) is 0 Å². The largest absolute Gasteiger partial charge is 0.487 e. The Morgan fingerprint density at radius 3 is 2.57 bits per heavy atom. The molecule has 0 amide bonds. The van der Waals surface area contributed by atoms with E-state index in [4.69, 9.17) is 4.74 Å². The number of hydrogen-bond donors (Lipinski definition) is 1. The fourth-order valence-corrected chi connectivity index (χ4v) is 2.68. The minimum Gasteiger partial charge on any atom is -0.487 e. The number of nitrogens with one attached hydrogen (secondary N) is 1. The van der Waals surface area contributed by atoms with E-state index in [0.29, 0.717) is 6.10 Å². The summed E-state index contributed by atoms with van der Waals surface area (Å²) in [5.41, 5.74) is 0. The Morgan fingerprint density at radius 1 is 1.29 bits per heavy atom. The van der Waals surface area contributed by atoms with Crippen molar-refractivity contribution in [1.82, 2.24) is 5.32 Å². The highest BCUT2D eigenvalue weighted by Crippen LogP contribution is 2.34. The summed E-state index contributed by atoms with van der Waals surface area (Å²) in [6.07, 6.45) is 1.37. The molecule has 1 atom stereocenters. The molecule has 4 heteroatoms. The van der Waals surface area contributed by atoms with Gasteiger partial charge in [-0.05, 0) is 57.0 Å². The van der Waals surface area contributed by atoms with Crippen LogP contribution in [-0.4, -0.2) is 19.2 Å². The van der Waals surface area contributed by atoms with E-state index in [9.17, 15) is 0 Å². The monoisotopic (exact) mass is 319 g/mol. The van der Waals surface area contributed by atoms with Gasteiger partial charge in [0.2, 0.25) is 0 Å². The molecule has 0 aromatic heterocycles. The van der Waals surface area contributed by atoms with Crippen molar-refractivity contribution < 1.29 is 4.74 Å². The molecule has 1 saturated heterocycles. The van der Waals surface area contributed by atoms with Gasteiger partial charge in [-0.15, -0.1) is 0 Å². The topological polar surface area (TPSA) is 21.3 Å². The van der Waals surface area contributed by atoms with Gasteiger partial charge in [-0.1, -0.05) is 6.07 Å². The Bertz CT molecular complexity index is 304. The third-order valence-electron chi connectivity index (χ3n) is 2.22. The Morgan fingerprint density at radius 2 is 2.00 bits per heavy atom. The zero-order chi connectivity index (χ0) is 9.97. The molecule has 1 aliphatic rings. The molecular formula is C10H11Br2NO. The molecule has 1 aliphatic heterocycles. The van der Waals surface area contributed by atoms with Gasteiger partial charge in [0.15, 0.2) is 0 Å². The summed E-state index contributed by atoms with van der Waals surface area (Å²) in [5.74, 6) is 0.904. The van der Waals surface area contributed by atoms with Gasteiger partial charge >= 0.3 is 0 Å². The molecule has 1 heterocycles. The molecule has 14 heavy (non-hydrogen) atoms. The molecule has 76 valence electrons. The maximum Gasteiger partial charge on any atom is 0.148 e.